The lowest BCUT2D eigenvalue weighted by atomic mass is 9.96. The third-order valence-electron chi connectivity index (χ3n) is 3.07. The van der Waals surface area contributed by atoms with E-state index >= 15 is 0 Å². The minimum atomic E-state index is -2.26. The molecule has 0 radical (unpaired) electrons. The molecule has 1 aliphatic carbocycles. The third kappa shape index (κ3) is 2.38. The smallest absolute Gasteiger partial charge is 0.247 e. The van der Waals surface area contributed by atoms with Crippen LogP contribution >= 0.6 is 11.8 Å². The van der Waals surface area contributed by atoms with Crippen molar-refractivity contribution in [3.63, 3.8) is 0 Å². The zero-order valence-electron chi connectivity index (χ0n) is 8.96. The summed E-state index contributed by atoms with van der Waals surface area (Å²) >= 11 is 1.23. The minimum Gasteiger partial charge on any atom is -0.330 e. The Morgan fingerprint density at radius 3 is 2.56 bits per heavy atom. The quantitative estimate of drug-likeness (QED) is 0.804. The van der Waals surface area contributed by atoms with Gasteiger partial charge < -0.3 is 5.73 Å². The topological polar surface area (TPSA) is 26.0 Å². The molecule has 16 heavy (non-hydrogen) atoms. The van der Waals surface area contributed by atoms with Gasteiger partial charge in [0.05, 0.1) is 5.75 Å². The predicted octanol–water partition coefficient (Wildman–Crippen LogP) is 3.03. The van der Waals surface area contributed by atoms with Crippen LogP contribution in [0.2, 0.25) is 0 Å². The molecule has 0 bridgehead atoms. The van der Waals surface area contributed by atoms with Crippen LogP contribution in [0.1, 0.15) is 18.4 Å². The molecule has 0 aliphatic heterocycles. The van der Waals surface area contributed by atoms with Crippen molar-refractivity contribution in [2.75, 3.05) is 12.3 Å². The van der Waals surface area contributed by atoms with Gasteiger partial charge >= 0.3 is 0 Å². The van der Waals surface area contributed by atoms with Gasteiger partial charge in [0.15, 0.2) is 0 Å². The molecule has 0 heterocycles. The lowest BCUT2D eigenvalue weighted by Gasteiger charge is -2.17. The lowest BCUT2D eigenvalue weighted by molar-refractivity contribution is 0.177. The lowest BCUT2D eigenvalue weighted by Crippen LogP contribution is -2.20. The average Bonchev–Trinajstić information content (AvgIpc) is 3.07. The van der Waals surface area contributed by atoms with E-state index in [0.29, 0.717) is 6.54 Å². The fourth-order valence-corrected chi connectivity index (χ4v) is 2.84. The fraction of sp³-hybridized carbons (Fsp3) is 0.500. The highest BCUT2D eigenvalue weighted by atomic mass is 32.2. The van der Waals surface area contributed by atoms with Crippen molar-refractivity contribution in [1.29, 1.82) is 0 Å². The normalized spacial score (nSPS) is 17.8. The van der Waals surface area contributed by atoms with Gasteiger partial charge in [-0.15, -0.1) is 11.8 Å². The monoisotopic (exact) mass is 243 g/mol. The molecular weight excluding hydrogens is 228 g/mol. The Balaban J connectivity index is 2.18. The van der Waals surface area contributed by atoms with Crippen LogP contribution < -0.4 is 5.73 Å². The van der Waals surface area contributed by atoms with Gasteiger partial charge in [-0.3, -0.25) is 0 Å². The molecule has 1 saturated carbocycles. The molecule has 0 atom stereocenters. The number of thioether (sulfide) groups is 1. The summed E-state index contributed by atoms with van der Waals surface area (Å²) in [7, 11) is 0. The minimum absolute atomic E-state index is 0.0751. The molecule has 1 nitrogen and oxygen atoms in total. The number of benzene rings is 1. The molecule has 0 unspecified atom stereocenters. The molecule has 2 N–H and O–H groups in total. The van der Waals surface area contributed by atoms with Gasteiger partial charge in [0.25, 0.3) is 0 Å². The summed E-state index contributed by atoms with van der Waals surface area (Å²) < 4.78 is 24.4. The molecule has 1 aromatic rings. The molecule has 2 rings (SSSR count). The Kier molecular flexibility index (Phi) is 3.50. The summed E-state index contributed by atoms with van der Waals surface area (Å²) in [6, 6.07) is 7.78. The van der Waals surface area contributed by atoms with E-state index in [4.69, 9.17) is 5.73 Å². The number of hydrogen-bond donors (Lipinski definition) is 1. The van der Waals surface area contributed by atoms with Crippen LogP contribution in [-0.2, 0) is 5.41 Å². The number of nitrogens with two attached hydrogens (primary N) is 1. The fourth-order valence-electron chi connectivity index (χ4n) is 1.92. The predicted molar refractivity (Wildman–Crippen MR) is 63.1 cm³/mol. The van der Waals surface area contributed by atoms with Crippen molar-refractivity contribution in [2.24, 2.45) is 5.73 Å². The Hall–Kier alpha value is -0.610. The summed E-state index contributed by atoms with van der Waals surface area (Å²) in [5.74, 6) is -0.141. The maximum Gasteiger partial charge on any atom is 0.247 e. The zero-order chi connectivity index (χ0) is 11.6. The van der Waals surface area contributed by atoms with E-state index in [1.165, 1.54) is 11.8 Å². The number of halogens is 2. The SMILES string of the molecule is NCC1(c2ccccc2SCC(F)F)CC1. The van der Waals surface area contributed by atoms with E-state index in [1.807, 2.05) is 24.3 Å². The van der Waals surface area contributed by atoms with E-state index in [1.54, 1.807) is 0 Å². The van der Waals surface area contributed by atoms with E-state index in [-0.39, 0.29) is 11.2 Å². The first kappa shape index (κ1) is 11.9. The molecule has 0 amide bonds. The Morgan fingerprint density at radius 1 is 1.31 bits per heavy atom. The van der Waals surface area contributed by atoms with Gasteiger partial charge in [-0.1, -0.05) is 18.2 Å². The third-order valence-corrected chi connectivity index (χ3v) is 4.15. The van der Waals surface area contributed by atoms with Crippen LogP contribution in [0, 0.1) is 0 Å². The molecule has 1 aliphatic rings. The first-order valence-electron chi connectivity index (χ1n) is 5.38. The van der Waals surface area contributed by atoms with Crippen LogP contribution in [0.4, 0.5) is 8.78 Å². The van der Waals surface area contributed by atoms with E-state index in [0.717, 1.165) is 23.3 Å². The highest BCUT2D eigenvalue weighted by Gasteiger charge is 2.44. The van der Waals surface area contributed by atoms with Crippen molar-refractivity contribution in [2.45, 2.75) is 29.6 Å². The average molecular weight is 243 g/mol. The molecule has 0 aromatic heterocycles. The van der Waals surface area contributed by atoms with Gasteiger partial charge in [0, 0.05) is 16.9 Å². The number of alkyl halides is 2. The maximum absolute atomic E-state index is 12.2. The molecule has 1 aromatic carbocycles. The summed E-state index contributed by atoms with van der Waals surface area (Å²) in [6.45, 7) is 0.610. The maximum atomic E-state index is 12.2. The highest BCUT2D eigenvalue weighted by Crippen LogP contribution is 2.50. The molecule has 88 valence electrons. The molecule has 4 heteroatoms. The molecule has 1 fully saturated rings. The number of hydrogen-bond acceptors (Lipinski definition) is 2. The summed E-state index contributed by atoms with van der Waals surface area (Å²) in [5.41, 5.74) is 7.00. The largest absolute Gasteiger partial charge is 0.330 e. The van der Waals surface area contributed by atoms with Crippen molar-refractivity contribution >= 4 is 11.8 Å². The van der Waals surface area contributed by atoms with Gasteiger partial charge in [0.1, 0.15) is 0 Å². The second-order valence-electron chi connectivity index (χ2n) is 4.18. The second kappa shape index (κ2) is 4.72. The van der Waals surface area contributed by atoms with Gasteiger partial charge in [-0.2, -0.15) is 0 Å². The summed E-state index contributed by atoms with van der Waals surface area (Å²) in [4.78, 5) is 0.964. The standard InChI is InChI=1S/C12H15F2NS/c13-11(14)7-16-10-4-2-1-3-9(10)12(8-15)5-6-12/h1-4,11H,5-8,15H2. The molecule has 0 saturated heterocycles. The highest BCUT2D eigenvalue weighted by molar-refractivity contribution is 7.99. The Morgan fingerprint density at radius 2 is 2.00 bits per heavy atom. The van der Waals surface area contributed by atoms with Crippen LogP contribution in [0.3, 0.4) is 0 Å². The van der Waals surface area contributed by atoms with Crippen LogP contribution in [-0.4, -0.2) is 18.7 Å². The van der Waals surface area contributed by atoms with E-state index in [9.17, 15) is 8.78 Å². The Labute approximate surface area is 98.4 Å². The molecule has 0 spiro atoms. The number of rotatable bonds is 5. The zero-order valence-corrected chi connectivity index (χ0v) is 9.77. The second-order valence-corrected chi connectivity index (χ2v) is 5.24. The van der Waals surface area contributed by atoms with Crippen LogP contribution in [0.5, 0.6) is 0 Å². The summed E-state index contributed by atoms with van der Waals surface area (Å²) in [5, 5.41) is 0. The van der Waals surface area contributed by atoms with E-state index < -0.39 is 6.43 Å². The van der Waals surface area contributed by atoms with Crippen molar-refractivity contribution < 1.29 is 8.78 Å². The van der Waals surface area contributed by atoms with Gasteiger partial charge in [-0.25, -0.2) is 8.78 Å². The van der Waals surface area contributed by atoms with Crippen molar-refractivity contribution in [1.82, 2.24) is 0 Å². The first-order chi connectivity index (χ1) is 7.68. The van der Waals surface area contributed by atoms with E-state index in [2.05, 4.69) is 0 Å². The molecular formula is C12H15F2NS. The van der Waals surface area contributed by atoms with Crippen LogP contribution in [0.15, 0.2) is 29.2 Å². The van der Waals surface area contributed by atoms with Gasteiger partial charge in [0.2, 0.25) is 6.43 Å². The first-order valence-corrected chi connectivity index (χ1v) is 6.37. The van der Waals surface area contributed by atoms with Crippen LogP contribution in [0.25, 0.3) is 0 Å². The Bertz CT molecular complexity index is 364. The van der Waals surface area contributed by atoms with Gasteiger partial charge in [-0.05, 0) is 24.5 Å². The van der Waals surface area contributed by atoms with Crippen molar-refractivity contribution in [3.8, 4) is 0 Å². The van der Waals surface area contributed by atoms with Crippen molar-refractivity contribution in [3.05, 3.63) is 29.8 Å². The summed E-state index contributed by atoms with van der Waals surface area (Å²) in [6.07, 6.45) is -0.100.